The zero-order chi connectivity index (χ0) is 37.2. The lowest BCUT2D eigenvalue weighted by molar-refractivity contribution is -0.135. The molecule has 0 saturated heterocycles. The monoisotopic (exact) mass is 741 g/mol. The van der Waals surface area contributed by atoms with Crippen molar-refractivity contribution in [2.24, 2.45) is 21.6 Å². The SMILES string of the molecule is CC(C)(C)C[C@]1(c2ccc(-c3cnn(C(F)F)c3)cc2)N=C(N)N([C@H](COC(=O)N[C@@H]2CC23CC3)c2ccc(Cl)c(-n3ncnc3C(F)F)c2)C1=O. The fraction of sp³-hybridized carbons (Fsp3) is 0.429. The molecule has 2 saturated carbocycles. The third-order valence-corrected chi connectivity index (χ3v) is 10.1. The minimum Gasteiger partial charge on any atom is -0.447 e. The number of halogens is 5. The molecule has 0 bridgehead atoms. The van der Waals surface area contributed by atoms with Crippen molar-refractivity contribution in [2.45, 2.75) is 77.1 Å². The van der Waals surface area contributed by atoms with Crippen LogP contribution >= 0.6 is 11.6 Å². The highest BCUT2D eigenvalue weighted by atomic mass is 35.5. The summed E-state index contributed by atoms with van der Waals surface area (Å²) in [5.74, 6) is -1.32. The minimum absolute atomic E-state index is 0.0211. The van der Waals surface area contributed by atoms with Gasteiger partial charge in [-0.1, -0.05) is 62.7 Å². The van der Waals surface area contributed by atoms with Gasteiger partial charge in [-0.05, 0) is 65.3 Å². The molecule has 1 aliphatic heterocycles. The molecule has 52 heavy (non-hydrogen) atoms. The molecule has 7 rings (SSSR count). The Morgan fingerprint density at radius 1 is 1.10 bits per heavy atom. The third kappa shape index (κ3) is 6.59. The van der Waals surface area contributed by atoms with Gasteiger partial charge in [0, 0.05) is 17.8 Å². The molecule has 3 N–H and O–H groups in total. The van der Waals surface area contributed by atoms with Gasteiger partial charge in [0.2, 0.25) is 0 Å². The maximum absolute atomic E-state index is 14.9. The van der Waals surface area contributed by atoms with Gasteiger partial charge in [0.15, 0.2) is 17.3 Å². The summed E-state index contributed by atoms with van der Waals surface area (Å²) in [6.45, 7) is 2.68. The van der Waals surface area contributed by atoms with Crippen LogP contribution < -0.4 is 11.1 Å². The van der Waals surface area contributed by atoms with Crippen LogP contribution in [0, 0.1) is 10.8 Å². The fourth-order valence-corrected chi connectivity index (χ4v) is 7.21. The lowest BCUT2D eigenvalue weighted by atomic mass is 9.75. The van der Waals surface area contributed by atoms with Crippen LogP contribution in [0.5, 0.6) is 0 Å². The van der Waals surface area contributed by atoms with Crippen LogP contribution in [-0.4, -0.2) is 60.1 Å². The molecule has 0 radical (unpaired) electrons. The Labute approximate surface area is 301 Å². The standard InChI is InChI=1S/C35H36ClF4N9O3/c1-33(2,3)17-35(22-7-4-19(5-8-22)21-14-43-47(15-21)30(39)40)29(50)48(31(41)46-35)25(16-52-32(51)45-26-13-34(26)10-11-34)20-6-9-23(36)24(12-20)49-28(27(37)38)42-18-44-49/h4-9,12,14-15,18,25-27,30H,10-11,13,16-17H2,1-3H3,(H2,41,46)(H,45,51)/t25-,26-,35-/m1/s1. The fourth-order valence-electron chi connectivity index (χ4n) is 7.01. The van der Waals surface area contributed by atoms with Gasteiger partial charge in [-0.2, -0.15) is 19.0 Å². The zero-order valence-electron chi connectivity index (χ0n) is 28.4. The third-order valence-electron chi connectivity index (χ3n) is 9.82. The van der Waals surface area contributed by atoms with Crippen molar-refractivity contribution in [3.63, 3.8) is 0 Å². The molecule has 274 valence electrons. The number of nitrogens with zero attached hydrogens (tertiary/aromatic N) is 7. The second-order valence-electron chi connectivity index (χ2n) is 14.7. The Balaban J connectivity index is 1.26. The van der Waals surface area contributed by atoms with E-state index in [0.717, 1.165) is 30.3 Å². The van der Waals surface area contributed by atoms with Gasteiger partial charge in [-0.25, -0.2) is 32.9 Å². The highest BCUT2D eigenvalue weighted by molar-refractivity contribution is 6.32. The van der Waals surface area contributed by atoms with E-state index in [0.29, 0.717) is 26.9 Å². The number of alkyl carbamates (subject to hydrolysis) is 1. The summed E-state index contributed by atoms with van der Waals surface area (Å²) < 4.78 is 61.2. The number of aliphatic imine (C=N–C) groups is 1. The molecule has 3 aliphatic rings. The van der Waals surface area contributed by atoms with E-state index in [1.54, 1.807) is 30.3 Å². The average Bonchev–Trinajstić information content (AvgIpc) is 3.75. The summed E-state index contributed by atoms with van der Waals surface area (Å²) in [5, 5.41) is 10.6. The maximum Gasteiger partial charge on any atom is 0.407 e. The van der Waals surface area contributed by atoms with Crippen LogP contribution in [0.2, 0.25) is 5.02 Å². The number of hydrogen-bond donors (Lipinski definition) is 2. The number of aromatic nitrogens is 5. The number of carbonyl (C=O) groups excluding carboxylic acids is 2. The quantitative estimate of drug-likeness (QED) is 0.159. The lowest BCUT2D eigenvalue weighted by Crippen LogP contribution is -2.47. The van der Waals surface area contributed by atoms with E-state index in [1.165, 1.54) is 29.4 Å². The first-order chi connectivity index (χ1) is 24.6. The number of amides is 2. The summed E-state index contributed by atoms with van der Waals surface area (Å²) in [4.78, 5) is 37.7. The van der Waals surface area contributed by atoms with E-state index in [4.69, 9.17) is 27.1 Å². The van der Waals surface area contributed by atoms with Crippen molar-refractivity contribution in [3.8, 4) is 16.8 Å². The molecular formula is C35H36ClF4N9O3. The first kappa shape index (κ1) is 35.4. The van der Waals surface area contributed by atoms with Gasteiger partial charge in [0.25, 0.3) is 12.3 Å². The zero-order valence-corrected chi connectivity index (χ0v) is 29.2. The summed E-state index contributed by atoms with van der Waals surface area (Å²) in [6.07, 6.45) is 3.07. The van der Waals surface area contributed by atoms with E-state index in [2.05, 4.69) is 20.5 Å². The summed E-state index contributed by atoms with van der Waals surface area (Å²) >= 11 is 6.48. The van der Waals surface area contributed by atoms with Gasteiger partial charge >= 0.3 is 12.6 Å². The number of carbonyl (C=O) groups is 2. The Hall–Kier alpha value is -4.99. The van der Waals surface area contributed by atoms with Crippen molar-refractivity contribution in [1.29, 1.82) is 0 Å². The van der Waals surface area contributed by atoms with Crippen LogP contribution in [0.1, 0.15) is 82.4 Å². The van der Waals surface area contributed by atoms with E-state index < -0.39 is 47.8 Å². The summed E-state index contributed by atoms with van der Waals surface area (Å²) in [7, 11) is 0. The number of rotatable bonds is 11. The topological polar surface area (TPSA) is 146 Å². The molecule has 3 heterocycles. The number of benzene rings is 2. The van der Waals surface area contributed by atoms with E-state index in [9.17, 15) is 27.2 Å². The predicted octanol–water partition coefficient (Wildman–Crippen LogP) is 6.93. The highest BCUT2D eigenvalue weighted by Gasteiger charge is 2.63. The number of ether oxygens (including phenoxy) is 1. The van der Waals surface area contributed by atoms with Gasteiger partial charge in [-0.15, -0.1) is 0 Å². The van der Waals surface area contributed by atoms with Crippen LogP contribution in [0.15, 0.2) is 66.2 Å². The van der Waals surface area contributed by atoms with E-state index in [-0.39, 0.29) is 41.2 Å². The molecule has 2 aliphatic carbocycles. The molecule has 4 aromatic rings. The number of guanidine groups is 1. The number of nitrogens with two attached hydrogens (primary N) is 1. The van der Waals surface area contributed by atoms with Gasteiger partial charge in [0.05, 0.1) is 22.9 Å². The largest absolute Gasteiger partial charge is 0.447 e. The summed E-state index contributed by atoms with van der Waals surface area (Å²) in [6, 6.07) is 10.2. The molecular weight excluding hydrogens is 706 g/mol. The maximum atomic E-state index is 14.9. The van der Waals surface area contributed by atoms with Crippen LogP contribution in [0.4, 0.5) is 22.4 Å². The Bertz CT molecular complexity index is 2040. The molecule has 2 amide bonds. The smallest absolute Gasteiger partial charge is 0.407 e. The highest BCUT2D eigenvalue weighted by Crippen LogP contribution is 2.65. The first-order valence-corrected chi connectivity index (χ1v) is 17.0. The minimum atomic E-state index is -2.96. The Morgan fingerprint density at radius 3 is 2.44 bits per heavy atom. The second kappa shape index (κ2) is 12.9. The van der Waals surface area contributed by atoms with Crippen LogP contribution in [-0.2, 0) is 15.1 Å². The number of nitrogens with one attached hydrogen (secondary N) is 1. The van der Waals surface area contributed by atoms with Crippen molar-refractivity contribution in [3.05, 3.63) is 83.2 Å². The number of alkyl halides is 4. The van der Waals surface area contributed by atoms with Crippen molar-refractivity contribution in [1.82, 2.24) is 34.8 Å². The van der Waals surface area contributed by atoms with Gasteiger partial charge in [0.1, 0.15) is 12.9 Å². The van der Waals surface area contributed by atoms with Gasteiger partial charge in [-0.3, -0.25) is 9.69 Å². The number of hydrogen-bond acceptors (Lipinski definition) is 8. The Morgan fingerprint density at radius 2 is 1.83 bits per heavy atom. The van der Waals surface area contributed by atoms with Crippen molar-refractivity contribution < 1.29 is 31.9 Å². The van der Waals surface area contributed by atoms with Crippen LogP contribution in [0.25, 0.3) is 16.8 Å². The second-order valence-corrected chi connectivity index (χ2v) is 15.1. The molecule has 12 nitrogen and oxygen atoms in total. The summed E-state index contributed by atoms with van der Waals surface area (Å²) in [5.41, 5.74) is 6.72. The lowest BCUT2D eigenvalue weighted by Gasteiger charge is -2.35. The van der Waals surface area contributed by atoms with E-state index in [1.807, 2.05) is 20.8 Å². The molecule has 2 aromatic carbocycles. The van der Waals surface area contributed by atoms with Crippen molar-refractivity contribution in [2.75, 3.05) is 6.61 Å². The molecule has 3 atom stereocenters. The molecule has 17 heteroatoms. The van der Waals surface area contributed by atoms with Crippen LogP contribution in [0.3, 0.4) is 0 Å². The average molecular weight is 742 g/mol. The molecule has 2 fully saturated rings. The van der Waals surface area contributed by atoms with Crippen molar-refractivity contribution >= 4 is 29.6 Å². The molecule has 0 unspecified atom stereocenters. The van der Waals surface area contributed by atoms with E-state index >= 15 is 0 Å². The predicted molar refractivity (Wildman–Crippen MR) is 182 cm³/mol. The van der Waals surface area contributed by atoms with Gasteiger partial charge < -0.3 is 15.8 Å². The normalized spacial score (nSPS) is 21.2. The Kier molecular flexibility index (Phi) is 8.78. The molecule has 1 spiro atoms. The molecule has 2 aromatic heterocycles. The first-order valence-electron chi connectivity index (χ1n) is 16.6.